The summed E-state index contributed by atoms with van der Waals surface area (Å²) in [6, 6.07) is 12.5. The third kappa shape index (κ3) is 4.24. The number of benzene rings is 2. The molecule has 0 fully saturated rings. The number of hydrogen-bond donors (Lipinski definition) is 1. The maximum Gasteiger partial charge on any atom is 0.271 e. The molecule has 9 heteroatoms. The van der Waals surface area contributed by atoms with Gasteiger partial charge in [-0.3, -0.25) is 10.1 Å². The number of nitro benzene ring substituents is 1. The fraction of sp³-hybridized carbons (Fsp3) is 0.182. The molecule has 2 heterocycles. The molecule has 2 aromatic heterocycles. The molecule has 0 saturated heterocycles. The fourth-order valence-corrected chi connectivity index (χ4v) is 4.83. The number of hydrogen-bond acceptors (Lipinski definition) is 7. The summed E-state index contributed by atoms with van der Waals surface area (Å²) < 4.78 is 6.27. The molecule has 0 aliphatic rings. The van der Waals surface area contributed by atoms with E-state index in [9.17, 15) is 10.1 Å². The highest BCUT2D eigenvalue weighted by molar-refractivity contribution is 9.10. The smallest absolute Gasteiger partial charge is 0.271 e. The van der Waals surface area contributed by atoms with Gasteiger partial charge >= 0.3 is 0 Å². The second kappa shape index (κ2) is 8.60. The lowest BCUT2D eigenvalue weighted by Gasteiger charge is -2.12. The van der Waals surface area contributed by atoms with E-state index in [2.05, 4.69) is 38.1 Å². The average molecular weight is 499 g/mol. The number of rotatable bonds is 6. The van der Waals surface area contributed by atoms with E-state index in [0.29, 0.717) is 28.4 Å². The van der Waals surface area contributed by atoms with E-state index in [-0.39, 0.29) is 5.69 Å². The molecule has 4 aromatic rings. The van der Waals surface area contributed by atoms with Gasteiger partial charge in [-0.25, -0.2) is 9.97 Å². The van der Waals surface area contributed by atoms with Gasteiger partial charge in [0, 0.05) is 27.0 Å². The van der Waals surface area contributed by atoms with Crippen molar-refractivity contribution in [2.24, 2.45) is 0 Å². The van der Waals surface area contributed by atoms with Crippen LogP contribution in [0.2, 0.25) is 0 Å². The summed E-state index contributed by atoms with van der Waals surface area (Å²) in [5.41, 5.74) is 2.63. The van der Waals surface area contributed by atoms with Crippen LogP contribution in [0.5, 0.6) is 5.75 Å². The largest absolute Gasteiger partial charge is 0.494 e. The quantitative estimate of drug-likeness (QED) is 0.232. The van der Waals surface area contributed by atoms with Gasteiger partial charge in [-0.1, -0.05) is 12.1 Å². The Bertz CT molecular complexity index is 1290. The van der Waals surface area contributed by atoms with Crippen LogP contribution in [0.4, 0.5) is 17.2 Å². The van der Waals surface area contributed by atoms with Gasteiger partial charge in [0.1, 0.15) is 22.2 Å². The van der Waals surface area contributed by atoms with Crippen LogP contribution >= 0.6 is 27.3 Å². The number of nitro groups is 1. The lowest BCUT2D eigenvalue weighted by Crippen LogP contribution is -2.00. The zero-order chi connectivity index (χ0) is 22.1. The molecule has 0 spiro atoms. The molecule has 0 unspecified atom stereocenters. The second-order valence-corrected chi connectivity index (χ2v) is 8.89. The lowest BCUT2D eigenvalue weighted by atomic mass is 10.0. The first kappa shape index (κ1) is 21.2. The topological polar surface area (TPSA) is 90.2 Å². The molecule has 4 rings (SSSR count). The normalized spacial score (nSPS) is 11.0. The third-order valence-corrected chi connectivity index (χ3v) is 6.40. The Labute approximate surface area is 191 Å². The Balaban J connectivity index is 1.87. The third-order valence-electron chi connectivity index (χ3n) is 4.71. The number of nitrogens with zero attached hydrogens (tertiary/aromatic N) is 3. The Kier molecular flexibility index (Phi) is 5.88. The maximum absolute atomic E-state index is 11.2. The summed E-state index contributed by atoms with van der Waals surface area (Å²) in [5.74, 6) is 2.04. The molecule has 7 nitrogen and oxygen atoms in total. The van der Waals surface area contributed by atoms with Gasteiger partial charge in [-0.2, -0.15) is 0 Å². The summed E-state index contributed by atoms with van der Waals surface area (Å²) in [7, 11) is 0. The van der Waals surface area contributed by atoms with Gasteiger partial charge in [0.25, 0.3) is 5.69 Å². The molecule has 0 amide bonds. The summed E-state index contributed by atoms with van der Waals surface area (Å²) in [6.45, 7) is 6.45. The predicted octanol–water partition coefficient (Wildman–Crippen LogP) is 6.79. The van der Waals surface area contributed by atoms with Crippen molar-refractivity contribution in [1.29, 1.82) is 0 Å². The molecule has 158 valence electrons. The molecule has 0 radical (unpaired) electrons. The molecule has 0 saturated carbocycles. The van der Waals surface area contributed by atoms with Crippen molar-refractivity contribution in [2.45, 2.75) is 20.8 Å². The average Bonchev–Trinajstić information content (AvgIpc) is 3.06. The van der Waals surface area contributed by atoms with Gasteiger partial charge in [0.2, 0.25) is 0 Å². The Hall–Kier alpha value is -3.04. The number of anilines is 2. The highest BCUT2D eigenvalue weighted by atomic mass is 79.9. The molecule has 0 aliphatic carbocycles. The van der Waals surface area contributed by atoms with E-state index >= 15 is 0 Å². The molecule has 2 aromatic carbocycles. The van der Waals surface area contributed by atoms with E-state index in [1.54, 1.807) is 17.4 Å². The van der Waals surface area contributed by atoms with Crippen molar-refractivity contribution in [2.75, 3.05) is 11.9 Å². The minimum absolute atomic E-state index is 0.000887. The van der Waals surface area contributed by atoms with Crippen LogP contribution in [-0.4, -0.2) is 21.5 Å². The van der Waals surface area contributed by atoms with Gasteiger partial charge in [0.05, 0.1) is 22.6 Å². The number of non-ortho nitro benzene ring substituents is 1. The fourth-order valence-electron chi connectivity index (χ4n) is 3.39. The minimum Gasteiger partial charge on any atom is -0.494 e. The SMILES string of the molecule is CCOc1ccc(-c2c(C)sc3nc(C)nc(Nc4cc([N+](=O)[O-])ccc4Br)c23)cc1. The van der Waals surface area contributed by atoms with Crippen LogP contribution in [0.15, 0.2) is 46.9 Å². The van der Waals surface area contributed by atoms with Crippen LogP contribution in [0.3, 0.4) is 0 Å². The molecule has 31 heavy (non-hydrogen) atoms. The number of thiophene rings is 1. The number of aromatic nitrogens is 2. The first-order valence-corrected chi connectivity index (χ1v) is 11.2. The minimum atomic E-state index is -0.418. The van der Waals surface area contributed by atoms with Crippen molar-refractivity contribution < 1.29 is 9.66 Å². The number of fused-ring (bicyclic) bond motifs is 1. The molecular formula is C22H19BrN4O3S. The van der Waals surface area contributed by atoms with Crippen LogP contribution in [0.1, 0.15) is 17.6 Å². The van der Waals surface area contributed by atoms with Gasteiger partial charge in [-0.05, 0) is 60.5 Å². The Morgan fingerprint density at radius 1 is 1.16 bits per heavy atom. The van der Waals surface area contributed by atoms with Crippen molar-refractivity contribution in [3.8, 4) is 16.9 Å². The Morgan fingerprint density at radius 3 is 2.58 bits per heavy atom. The summed E-state index contributed by atoms with van der Waals surface area (Å²) in [4.78, 5) is 22.0. The van der Waals surface area contributed by atoms with Crippen LogP contribution in [0.25, 0.3) is 21.3 Å². The lowest BCUT2D eigenvalue weighted by molar-refractivity contribution is -0.384. The number of halogens is 1. The van der Waals surface area contributed by atoms with Gasteiger partial charge in [0.15, 0.2) is 0 Å². The molecule has 0 aliphatic heterocycles. The number of aryl methyl sites for hydroxylation is 2. The van der Waals surface area contributed by atoms with E-state index in [1.165, 1.54) is 12.1 Å². The van der Waals surface area contributed by atoms with E-state index in [0.717, 1.165) is 32.0 Å². The van der Waals surface area contributed by atoms with Crippen molar-refractivity contribution >= 4 is 54.7 Å². The van der Waals surface area contributed by atoms with Crippen molar-refractivity contribution in [1.82, 2.24) is 9.97 Å². The standard InChI is InChI=1S/C22H19BrN4O3S/c1-4-30-16-8-5-14(6-9-16)19-12(2)31-22-20(19)21(24-13(3)25-22)26-18-11-15(27(28)29)7-10-17(18)23/h5-11H,4H2,1-3H3,(H,24,25,26). The van der Waals surface area contributed by atoms with Crippen molar-refractivity contribution in [3.05, 3.63) is 67.8 Å². The zero-order valence-electron chi connectivity index (χ0n) is 17.1. The summed E-state index contributed by atoms with van der Waals surface area (Å²) >= 11 is 5.07. The van der Waals surface area contributed by atoms with E-state index in [4.69, 9.17) is 4.74 Å². The number of nitrogens with one attached hydrogen (secondary N) is 1. The Morgan fingerprint density at radius 2 is 1.90 bits per heavy atom. The van der Waals surface area contributed by atoms with Crippen LogP contribution in [-0.2, 0) is 0 Å². The van der Waals surface area contributed by atoms with Gasteiger partial charge < -0.3 is 10.1 Å². The first-order valence-electron chi connectivity index (χ1n) is 9.59. The second-order valence-electron chi connectivity index (χ2n) is 6.84. The first-order chi connectivity index (χ1) is 14.9. The van der Waals surface area contributed by atoms with Gasteiger partial charge in [-0.15, -0.1) is 11.3 Å². The maximum atomic E-state index is 11.2. The monoisotopic (exact) mass is 498 g/mol. The molecular weight excluding hydrogens is 480 g/mol. The van der Waals surface area contributed by atoms with E-state index in [1.807, 2.05) is 38.1 Å². The van der Waals surface area contributed by atoms with E-state index < -0.39 is 4.92 Å². The molecule has 0 atom stereocenters. The number of ether oxygens (including phenoxy) is 1. The summed E-state index contributed by atoms with van der Waals surface area (Å²) in [5, 5.41) is 15.4. The zero-order valence-corrected chi connectivity index (χ0v) is 19.5. The van der Waals surface area contributed by atoms with Crippen LogP contribution in [0, 0.1) is 24.0 Å². The molecule has 0 bridgehead atoms. The van der Waals surface area contributed by atoms with Crippen molar-refractivity contribution in [3.63, 3.8) is 0 Å². The highest BCUT2D eigenvalue weighted by Crippen LogP contribution is 2.42. The summed E-state index contributed by atoms with van der Waals surface area (Å²) in [6.07, 6.45) is 0. The predicted molar refractivity (Wildman–Crippen MR) is 128 cm³/mol. The van der Waals surface area contributed by atoms with Crippen LogP contribution < -0.4 is 10.1 Å². The molecule has 1 N–H and O–H groups in total. The highest BCUT2D eigenvalue weighted by Gasteiger charge is 2.19.